The molecule has 0 aromatic carbocycles. The van der Waals surface area contributed by atoms with Gasteiger partial charge in [-0.25, -0.2) is 0 Å². The predicted octanol–water partition coefficient (Wildman–Crippen LogP) is 3.22. The Balaban J connectivity index is 1.57. The van der Waals surface area contributed by atoms with Gasteiger partial charge >= 0.3 is 0 Å². The average molecular weight is 353 g/mol. The fraction of sp³-hybridized carbons (Fsp3) is 0.389. The van der Waals surface area contributed by atoms with Crippen LogP contribution in [-0.4, -0.2) is 37.6 Å². The van der Waals surface area contributed by atoms with Gasteiger partial charge in [-0.2, -0.15) is 4.98 Å². The van der Waals surface area contributed by atoms with Gasteiger partial charge in [0.1, 0.15) is 6.04 Å². The molecule has 134 valence electrons. The Morgan fingerprint density at radius 3 is 2.92 bits per heavy atom. The molecule has 0 unspecified atom stereocenters. The second kappa shape index (κ2) is 6.70. The first-order chi connectivity index (χ1) is 12.6. The molecule has 4 rings (SSSR count). The minimum absolute atomic E-state index is 0.201. The normalized spacial score (nSPS) is 17.2. The zero-order valence-electron chi connectivity index (χ0n) is 14.6. The van der Waals surface area contributed by atoms with Crippen molar-refractivity contribution in [3.05, 3.63) is 47.9 Å². The molecule has 1 amide bonds. The van der Waals surface area contributed by atoms with Gasteiger partial charge in [0, 0.05) is 30.6 Å². The van der Waals surface area contributed by atoms with E-state index in [2.05, 4.69) is 20.3 Å². The van der Waals surface area contributed by atoms with Crippen LogP contribution in [0.5, 0.6) is 0 Å². The number of likely N-dealkylation sites (tertiary alicyclic amines) is 1. The Morgan fingerprint density at radius 1 is 1.31 bits per heavy atom. The molecule has 8 nitrogen and oxygen atoms in total. The first kappa shape index (κ1) is 16.4. The van der Waals surface area contributed by atoms with Crippen molar-refractivity contribution in [2.45, 2.75) is 38.6 Å². The summed E-state index contributed by atoms with van der Waals surface area (Å²) in [7, 11) is 0. The Bertz CT molecular complexity index is 902. The molecule has 1 saturated heterocycles. The van der Waals surface area contributed by atoms with Crippen molar-refractivity contribution < 1.29 is 13.8 Å². The summed E-state index contributed by atoms with van der Waals surface area (Å²) >= 11 is 0. The highest BCUT2D eigenvalue weighted by atomic mass is 16.5. The maximum atomic E-state index is 12.8. The van der Waals surface area contributed by atoms with E-state index in [1.807, 2.05) is 26.0 Å². The van der Waals surface area contributed by atoms with E-state index < -0.39 is 0 Å². The van der Waals surface area contributed by atoms with E-state index in [0.29, 0.717) is 18.3 Å². The van der Waals surface area contributed by atoms with E-state index >= 15 is 0 Å². The third-order valence-electron chi connectivity index (χ3n) is 4.49. The highest BCUT2D eigenvalue weighted by Crippen LogP contribution is 2.33. The molecule has 3 aromatic heterocycles. The SMILES string of the molecule is CC(C)c1cc(C(=O)N2CCC[C@H]2c2nc(-c3cccnc3)no2)on1. The molecule has 0 saturated carbocycles. The van der Waals surface area contributed by atoms with Crippen LogP contribution in [0.1, 0.15) is 60.8 Å². The van der Waals surface area contributed by atoms with Gasteiger partial charge in [0.15, 0.2) is 0 Å². The summed E-state index contributed by atoms with van der Waals surface area (Å²) in [4.78, 5) is 23.1. The van der Waals surface area contributed by atoms with Crippen LogP contribution in [0.4, 0.5) is 0 Å². The number of rotatable bonds is 4. The number of carbonyl (C=O) groups excluding carboxylic acids is 1. The number of amides is 1. The van der Waals surface area contributed by atoms with Crippen LogP contribution in [0.3, 0.4) is 0 Å². The summed E-state index contributed by atoms with van der Waals surface area (Å²) < 4.78 is 10.7. The first-order valence-corrected chi connectivity index (χ1v) is 8.65. The number of carbonyl (C=O) groups is 1. The van der Waals surface area contributed by atoms with Gasteiger partial charge in [0.25, 0.3) is 5.91 Å². The molecule has 0 N–H and O–H groups in total. The maximum absolute atomic E-state index is 12.8. The monoisotopic (exact) mass is 353 g/mol. The summed E-state index contributed by atoms with van der Waals surface area (Å²) in [5.41, 5.74) is 1.54. The fourth-order valence-corrected chi connectivity index (χ4v) is 3.05. The van der Waals surface area contributed by atoms with Crippen molar-refractivity contribution in [1.82, 2.24) is 25.2 Å². The molecule has 3 aromatic rings. The lowest BCUT2D eigenvalue weighted by Gasteiger charge is -2.20. The number of aromatic nitrogens is 4. The van der Waals surface area contributed by atoms with Crippen LogP contribution in [0.25, 0.3) is 11.4 Å². The molecule has 1 fully saturated rings. The minimum atomic E-state index is -0.256. The summed E-state index contributed by atoms with van der Waals surface area (Å²) in [6.45, 7) is 4.62. The zero-order chi connectivity index (χ0) is 18.1. The van der Waals surface area contributed by atoms with Crippen LogP contribution in [0.2, 0.25) is 0 Å². The van der Waals surface area contributed by atoms with Crippen LogP contribution in [-0.2, 0) is 0 Å². The maximum Gasteiger partial charge on any atom is 0.293 e. The third-order valence-corrected chi connectivity index (χ3v) is 4.49. The molecular weight excluding hydrogens is 334 g/mol. The van der Waals surface area contributed by atoms with Gasteiger partial charge in [-0.05, 0) is 30.9 Å². The second-order valence-corrected chi connectivity index (χ2v) is 6.63. The molecule has 0 radical (unpaired) electrons. The average Bonchev–Trinajstić information content (AvgIpc) is 3.41. The summed E-state index contributed by atoms with van der Waals surface area (Å²) in [5, 5.41) is 7.99. The first-order valence-electron chi connectivity index (χ1n) is 8.65. The van der Waals surface area contributed by atoms with Gasteiger partial charge in [0.2, 0.25) is 17.5 Å². The van der Waals surface area contributed by atoms with Gasteiger partial charge in [-0.3, -0.25) is 9.78 Å². The van der Waals surface area contributed by atoms with E-state index in [0.717, 1.165) is 24.1 Å². The number of hydrogen-bond acceptors (Lipinski definition) is 7. The molecule has 1 aliphatic heterocycles. The summed E-state index contributed by atoms with van der Waals surface area (Å²) in [6, 6.07) is 5.12. The summed E-state index contributed by atoms with van der Waals surface area (Å²) in [6.07, 6.45) is 5.00. The molecule has 1 atom stereocenters. The molecule has 8 heteroatoms. The topological polar surface area (TPSA) is 98.2 Å². The van der Waals surface area contributed by atoms with Gasteiger partial charge < -0.3 is 13.9 Å². The Kier molecular flexibility index (Phi) is 4.24. The number of pyridine rings is 1. The molecule has 26 heavy (non-hydrogen) atoms. The minimum Gasteiger partial charge on any atom is -0.351 e. The third kappa shape index (κ3) is 2.98. The van der Waals surface area contributed by atoms with Gasteiger partial charge in [-0.15, -0.1) is 0 Å². The van der Waals surface area contributed by atoms with Gasteiger partial charge in [-0.1, -0.05) is 24.2 Å². The lowest BCUT2D eigenvalue weighted by Crippen LogP contribution is -2.30. The summed E-state index contributed by atoms with van der Waals surface area (Å²) in [5.74, 6) is 1.14. The smallest absolute Gasteiger partial charge is 0.293 e. The van der Waals surface area contributed by atoms with Crippen LogP contribution < -0.4 is 0 Å². The van der Waals surface area contributed by atoms with Gasteiger partial charge in [0.05, 0.1) is 5.69 Å². The lowest BCUT2D eigenvalue weighted by atomic mass is 10.1. The van der Waals surface area contributed by atoms with Crippen molar-refractivity contribution in [2.24, 2.45) is 0 Å². The van der Waals surface area contributed by atoms with Crippen LogP contribution >= 0.6 is 0 Å². The Morgan fingerprint density at radius 2 is 2.19 bits per heavy atom. The van der Waals surface area contributed by atoms with E-state index in [9.17, 15) is 4.79 Å². The highest BCUT2D eigenvalue weighted by Gasteiger charge is 2.36. The van der Waals surface area contributed by atoms with E-state index in [1.54, 1.807) is 23.4 Å². The van der Waals surface area contributed by atoms with Crippen molar-refractivity contribution in [2.75, 3.05) is 6.54 Å². The lowest BCUT2D eigenvalue weighted by molar-refractivity contribution is 0.0668. The van der Waals surface area contributed by atoms with E-state index in [4.69, 9.17) is 9.05 Å². The van der Waals surface area contributed by atoms with Crippen molar-refractivity contribution in [3.63, 3.8) is 0 Å². The van der Waals surface area contributed by atoms with Crippen molar-refractivity contribution >= 4 is 5.91 Å². The van der Waals surface area contributed by atoms with Crippen LogP contribution in [0, 0.1) is 0 Å². The van der Waals surface area contributed by atoms with E-state index in [1.165, 1.54) is 0 Å². The van der Waals surface area contributed by atoms with Crippen molar-refractivity contribution in [3.8, 4) is 11.4 Å². The molecule has 0 bridgehead atoms. The molecule has 4 heterocycles. The predicted molar refractivity (Wildman–Crippen MR) is 91.1 cm³/mol. The molecule has 0 aliphatic carbocycles. The van der Waals surface area contributed by atoms with E-state index in [-0.39, 0.29) is 23.6 Å². The Labute approximate surface area is 150 Å². The standard InChI is InChI=1S/C18H19N5O3/c1-11(2)13-9-15(25-21-13)18(24)23-8-4-6-14(23)17-20-16(22-26-17)12-5-3-7-19-10-12/h3,5,7,9-11,14H,4,6,8H2,1-2H3/t14-/m0/s1. The van der Waals surface area contributed by atoms with Crippen LogP contribution in [0.15, 0.2) is 39.6 Å². The second-order valence-electron chi connectivity index (χ2n) is 6.63. The zero-order valence-corrected chi connectivity index (χ0v) is 14.6. The molecule has 1 aliphatic rings. The Hall–Kier alpha value is -3.03. The van der Waals surface area contributed by atoms with Crippen molar-refractivity contribution in [1.29, 1.82) is 0 Å². The number of nitrogens with zero attached hydrogens (tertiary/aromatic N) is 5. The highest BCUT2D eigenvalue weighted by molar-refractivity contribution is 5.92. The quantitative estimate of drug-likeness (QED) is 0.710. The molecular formula is C18H19N5O3. The fourth-order valence-electron chi connectivity index (χ4n) is 3.05. The largest absolute Gasteiger partial charge is 0.351 e. The number of hydrogen-bond donors (Lipinski definition) is 0. The molecule has 0 spiro atoms.